The quantitative estimate of drug-likeness (QED) is 0.581. The molecule has 1 saturated heterocycles. The van der Waals surface area contributed by atoms with Crippen molar-refractivity contribution in [3.63, 3.8) is 0 Å². The Labute approximate surface area is 63.5 Å². The molecule has 0 amide bonds. The molecule has 4 heteroatoms. The number of halogens is 2. The van der Waals surface area contributed by atoms with Gasteiger partial charge in [0, 0.05) is 0 Å². The topological polar surface area (TPSA) is 26.3 Å². The smallest absolute Gasteiger partial charge is 0.382 e. The second-order valence-electron chi connectivity index (χ2n) is 2.67. The largest absolute Gasteiger partial charge is 0.447 e. The third-order valence-electron chi connectivity index (χ3n) is 2.26. The van der Waals surface area contributed by atoms with Gasteiger partial charge in [0.25, 0.3) is 0 Å². The van der Waals surface area contributed by atoms with Gasteiger partial charge in [-0.05, 0) is 12.8 Å². The summed E-state index contributed by atoms with van der Waals surface area (Å²) >= 11 is 0. The maximum Gasteiger partial charge on any atom is 0.382 e. The zero-order chi connectivity index (χ0) is 8.70. The molecule has 0 spiro atoms. The average Bonchev–Trinajstić information content (AvgIpc) is 1.99. The van der Waals surface area contributed by atoms with E-state index in [4.69, 9.17) is 0 Å². The number of hydrogen-bond acceptors (Lipinski definition) is 2. The van der Waals surface area contributed by atoms with E-state index in [-0.39, 0.29) is 12.8 Å². The molecular formula is C7H10F2O2. The predicted molar refractivity (Wildman–Crippen MR) is 34.4 cm³/mol. The number of carbonyl (C=O) groups excluding carboxylic acids is 1. The summed E-state index contributed by atoms with van der Waals surface area (Å²) in [5.74, 6) is -4.66. The second-order valence-corrected chi connectivity index (χ2v) is 2.67. The maximum atomic E-state index is 12.8. The van der Waals surface area contributed by atoms with Gasteiger partial charge in [-0.15, -0.1) is 0 Å². The summed E-state index contributed by atoms with van der Waals surface area (Å²) in [4.78, 5) is 10.3. The molecule has 2 nitrogen and oxygen atoms in total. The molecule has 64 valence electrons. The Kier molecular flexibility index (Phi) is 1.65. The van der Waals surface area contributed by atoms with Crippen molar-refractivity contribution in [2.45, 2.75) is 38.2 Å². The minimum absolute atomic E-state index is 0.169. The van der Waals surface area contributed by atoms with Crippen molar-refractivity contribution in [3.05, 3.63) is 0 Å². The monoisotopic (exact) mass is 164 g/mol. The van der Waals surface area contributed by atoms with Crippen molar-refractivity contribution in [1.29, 1.82) is 0 Å². The number of alkyl halides is 2. The molecule has 1 fully saturated rings. The van der Waals surface area contributed by atoms with Crippen LogP contribution in [0, 0.1) is 0 Å². The van der Waals surface area contributed by atoms with E-state index in [1.54, 1.807) is 13.8 Å². The van der Waals surface area contributed by atoms with E-state index in [0.29, 0.717) is 0 Å². The number of hydrogen-bond donors (Lipinski definition) is 0. The minimum atomic E-state index is -3.27. The van der Waals surface area contributed by atoms with Gasteiger partial charge in [-0.25, -0.2) is 4.79 Å². The Hall–Kier alpha value is -0.670. The third-order valence-corrected chi connectivity index (χ3v) is 2.26. The van der Waals surface area contributed by atoms with Crippen LogP contribution in [0.4, 0.5) is 8.78 Å². The predicted octanol–water partition coefficient (Wildman–Crippen LogP) is 1.74. The zero-order valence-corrected chi connectivity index (χ0v) is 6.49. The van der Waals surface area contributed by atoms with Crippen LogP contribution in [-0.2, 0) is 9.53 Å². The number of rotatable bonds is 2. The molecule has 0 unspecified atom stereocenters. The molecule has 0 aromatic heterocycles. The maximum absolute atomic E-state index is 12.8. The van der Waals surface area contributed by atoms with Crippen LogP contribution in [-0.4, -0.2) is 17.5 Å². The molecule has 0 aromatic carbocycles. The van der Waals surface area contributed by atoms with Crippen LogP contribution in [0.1, 0.15) is 26.7 Å². The number of carbonyl (C=O) groups is 1. The van der Waals surface area contributed by atoms with Crippen LogP contribution in [0.3, 0.4) is 0 Å². The Morgan fingerprint density at radius 1 is 1.36 bits per heavy atom. The van der Waals surface area contributed by atoms with Gasteiger partial charge < -0.3 is 4.74 Å². The van der Waals surface area contributed by atoms with Gasteiger partial charge in [0.05, 0.1) is 0 Å². The lowest BCUT2D eigenvalue weighted by atomic mass is 9.84. The van der Waals surface area contributed by atoms with Gasteiger partial charge in [-0.1, -0.05) is 13.8 Å². The Bertz CT molecular complexity index is 185. The van der Waals surface area contributed by atoms with Crippen molar-refractivity contribution in [2.24, 2.45) is 0 Å². The molecule has 0 aromatic rings. The summed E-state index contributed by atoms with van der Waals surface area (Å²) in [6, 6.07) is 0. The van der Waals surface area contributed by atoms with Gasteiger partial charge in [0.15, 0.2) is 5.60 Å². The van der Waals surface area contributed by atoms with Gasteiger partial charge >= 0.3 is 11.9 Å². The zero-order valence-electron chi connectivity index (χ0n) is 6.49. The van der Waals surface area contributed by atoms with Crippen molar-refractivity contribution in [2.75, 3.05) is 0 Å². The first-order chi connectivity index (χ1) is 5.00. The van der Waals surface area contributed by atoms with E-state index in [9.17, 15) is 13.6 Å². The highest BCUT2D eigenvalue weighted by atomic mass is 19.3. The number of ether oxygens (including phenoxy) is 1. The Morgan fingerprint density at radius 3 is 1.91 bits per heavy atom. The lowest BCUT2D eigenvalue weighted by Gasteiger charge is -2.45. The van der Waals surface area contributed by atoms with Gasteiger partial charge in [-0.3, -0.25) is 0 Å². The van der Waals surface area contributed by atoms with E-state index >= 15 is 0 Å². The lowest BCUT2D eigenvalue weighted by Crippen LogP contribution is -2.66. The van der Waals surface area contributed by atoms with E-state index in [1.165, 1.54) is 0 Å². The van der Waals surface area contributed by atoms with E-state index in [0.717, 1.165) is 0 Å². The fraction of sp³-hybridized carbons (Fsp3) is 0.857. The Morgan fingerprint density at radius 2 is 1.82 bits per heavy atom. The van der Waals surface area contributed by atoms with E-state index in [2.05, 4.69) is 4.74 Å². The second kappa shape index (κ2) is 2.16. The van der Waals surface area contributed by atoms with E-state index < -0.39 is 17.5 Å². The first kappa shape index (κ1) is 8.43. The van der Waals surface area contributed by atoms with Crippen molar-refractivity contribution in [1.82, 2.24) is 0 Å². The average molecular weight is 164 g/mol. The molecule has 1 rings (SSSR count). The summed E-state index contributed by atoms with van der Waals surface area (Å²) in [6.45, 7) is 3.17. The fourth-order valence-corrected chi connectivity index (χ4v) is 1.28. The highest BCUT2D eigenvalue weighted by Gasteiger charge is 2.70. The molecule has 0 radical (unpaired) electrons. The van der Waals surface area contributed by atoms with Gasteiger partial charge in [0.1, 0.15) is 0 Å². The van der Waals surface area contributed by atoms with Crippen molar-refractivity contribution in [3.8, 4) is 0 Å². The third kappa shape index (κ3) is 0.781. The summed E-state index contributed by atoms with van der Waals surface area (Å²) < 4.78 is 30.0. The standard InChI is InChI=1S/C7H10F2O2/c1-3-6(4-2)7(8,9)5(10)11-6/h3-4H2,1-2H3. The molecule has 0 N–H and O–H groups in total. The van der Waals surface area contributed by atoms with Gasteiger partial charge in [0.2, 0.25) is 0 Å². The van der Waals surface area contributed by atoms with Crippen LogP contribution >= 0.6 is 0 Å². The molecule has 1 aliphatic rings. The van der Waals surface area contributed by atoms with Crippen LogP contribution < -0.4 is 0 Å². The Balaban J connectivity index is 2.83. The van der Waals surface area contributed by atoms with Gasteiger partial charge in [-0.2, -0.15) is 8.78 Å². The highest BCUT2D eigenvalue weighted by Crippen LogP contribution is 2.47. The molecular weight excluding hydrogens is 154 g/mol. The molecule has 0 atom stereocenters. The minimum Gasteiger partial charge on any atom is -0.447 e. The van der Waals surface area contributed by atoms with Crippen LogP contribution in [0.25, 0.3) is 0 Å². The van der Waals surface area contributed by atoms with Crippen molar-refractivity contribution < 1.29 is 18.3 Å². The SMILES string of the molecule is CCC1(CC)OC(=O)C1(F)F. The molecule has 1 aliphatic heterocycles. The number of cyclic esters (lactones) is 1. The van der Waals surface area contributed by atoms with Crippen LogP contribution in [0.5, 0.6) is 0 Å². The number of esters is 1. The molecule has 0 aliphatic carbocycles. The first-order valence-electron chi connectivity index (χ1n) is 3.61. The first-order valence-corrected chi connectivity index (χ1v) is 3.61. The summed E-state index contributed by atoms with van der Waals surface area (Å²) in [5, 5.41) is 0. The van der Waals surface area contributed by atoms with Crippen LogP contribution in [0.2, 0.25) is 0 Å². The normalized spacial score (nSPS) is 25.6. The fourth-order valence-electron chi connectivity index (χ4n) is 1.28. The summed E-state index contributed by atoms with van der Waals surface area (Å²) in [5.41, 5.74) is -1.51. The molecule has 0 saturated carbocycles. The van der Waals surface area contributed by atoms with Crippen molar-refractivity contribution >= 4 is 5.97 Å². The molecule has 0 bridgehead atoms. The summed E-state index contributed by atoms with van der Waals surface area (Å²) in [7, 11) is 0. The lowest BCUT2D eigenvalue weighted by molar-refractivity contribution is -0.287. The summed E-state index contributed by atoms with van der Waals surface area (Å²) in [6.07, 6.45) is 0.338. The highest BCUT2D eigenvalue weighted by molar-refractivity contribution is 5.85. The van der Waals surface area contributed by atoms with Crippen LogP contribution in [0.15, 0.2) is 0 Å². The molecule has 1 heterocycles. The molecule has 11 heavy (non-hydrogen) atoms. The van der Waals surface area contributed by atoms with E-state index in [1.807, 2.05) is 0 Å².